The van der Waals surface area contributed by atoms with Crippen LogP contribution in [0.25, 0.3) is 11.1 Å². The molecule has 1 N–H and O–H groups in total. The lowest BCUT2D eigenvalue weighted by molar-refractivity contribution is 0.102. The number of nitrogens with zero attached hydrogens (tertiary/aromatic N) is 1. The molecule has 3 rings (SSSR count). The summed E-state index contributed by atoms with van der Waals surface area (Å²) in [5.74, 6) is -0.135. The normalized spacial score (nSPS) is 10.3. The van der Waals surface area contributed by atoms with Crippen molar-refractivity contribution in [1.29, 1.82) is 0 Å². The van der Waals surface area contributed by atoms with E-state index in [1.807, 2.05) is 66.9 Å². The molecule has 1 heterocycles. The van der Waals surface area contributed by atoms with Gasteiger partial charge >= 0.3 is 0 Å². The van der Waals surface area contributed by atoms with Gasteiger partial charge in [0, 0.05) is 10.9 Å². The van der Waals surface area contributed by atoms with Crippen molar-refractivity contribution in [2.45, 2.75) is 6.92 Å². The number of aromatic nitrogens is 1. The Balaban J connectivity index is 1.76. The second-order valence-electron chi connectivity index (χ2n) is 4.69. The van der Waals surface area contributed by atoms with Gasteiger partial charge < -0.3 is 0 Å². The number of hydrogen-bond acceptors (Lipinski definition) is 3. The highest BCUT2D eigenvalue weighted by Crippen LogP contribution is 2.20. The molecule has 0 saturated carbocycles. The zero-order valence-corrected chi connectivity index (χ0v) is 12.4. The molecule has 2 aromatic carbocycles. The van der Waals surface area contributed by atoms with E-state index in [4.69, 9.17) is 0 Å². The molecule has 0 aliphatic rings. The average Bonchev–Trinajstić information content (AvgIpc) is 2.93. The highest BCUT2D eigenvalue weighted by atomic mass is 32.1. The average molecular weight is 294 g/mol. The summed E-state index contributed by atoms with van der Waals surface area (Å²) in [6.45, 7) is 1.90. The summed E-state index contributed by atoms with van der Waals surface area (Å²) in [5, 5.41) is 5.35. The highest BCUT2D eigenvalue weighted by Gasteiger charge is 2.08. The molecule has 0 atom stereocenters. The number of aryl methyl sites for hydroxylation is 1. The van der Waals surface area contributed by atoms with E-state index in [9.17, 15) is 4.79 Å². The number of thiazole rings is 1. The molecule has 0 aliphatic carbocycles. The first kappa shape index (κ1) is 13.5. The van der Waals surface area contributed by atoms with Gasteiger partial charge in [-0.1, -0.05) is 42.5 Å². The van der Waals surface area contributed by atoms with E-state index < -0.39 is 0 Å². The van der Waals surface area contributed by atoms with Gasteiger partial charge in [-0.25, -0.2) is 4.98 Å². The van der Waals surface area contributed by atoms with E-state index in [0.29, 0.717) is 10.7 Å². The van der Waals surface area contributed by atoms with Crippen molar-refractivity contribution in [2.24, 2.45) is 0 Å². The zero-order chi connectivity index (χ0) is 14.7. The lowest BCUT2D eigenvalue weighted by Gasteiger charge is -2.04. The van der Waals surface area contributed by atoms with E-state index in [0.717, 1.165) is 16.8 Å². The Labute approximate surface area is 127 Å². The third kappa shape index (κ3) is 3.17. The molecule has 3 aromatic rings. The molecule has 0 saturated heterocycles. The van der Waals surface area contributed by atoms with Gasteiger partial charge in [0.2, 0.25) is 0 Å². The molecule has 3 nitrogen and oxygen atoms in total. The highest BCUT2D eigenvalue weighted by molar-refractivity contribution is 7.13. The standard InChI is InChI=1S/C17H14N2OS/c1-12-11-21-17(18-12)19-16(20)15-9-7-14(8-10-15)13-5-3-2-4-6-13/h2-11H,1H3,(H,18,19,20). The lowest BCUT2D eigenvalue weighted by atomic mass is 10.0. The molecule has 1 aromatic heterocycles. The van der Waals surface area contributed by atoms with E-state index in [-0.39, 0.29) is 5.91 Å². The summed E-state index contributed by atoms with van der Waals surface area (Å²) in [4.78, 5) is 16.4. The Morgan fingerprint density at radius 3 is 2.29 bits per heavy atom. The van der Waals surface area contributed by atoms with Crippen molar-refractivity contribution in [1.82, 2.24) is 4.98 Å². The fourth-order valence-corrected chi connectivity index (χ4v) is 2.71. The van der Waals surface area contributed by atoms with Gasteiger partial charge in [-0.2, -0.15) is 0 Å². The molecule has 0 fully saturated rings. The quantitative estimate of drug-likeness (QED) is 0.779. The van der Waals surface area contributed by atoms with E-state index in [1.54, 1.807) is 0 Å². The van der Waals surface area contributed by atoms with Crippen LogP contribution in [0.15, 0.2) is 60.0 Å². The largest absolute Gasteiger partial charge is 0.298 e. The molecule has 21 heavy (non-hydrogen) atoms. The first-order chi connectivity index (χ1) is 10.2. The summed E-state index contributed by atoms with van der Waals surface area (Å²) in [7, 11) is 0. The van der Waals surface area contributed by atoms with Crippen LogP contribution in [0, 0.1) is 6.92 Å². The van der Waals surface area contributed by atoms with Gasteiger partial charge in [-0.3, -0.25) is 10.1 Å². The molecular formula is C17H14N2OS. The molecule has 0 radical (unpaired) electrons. The lowest BCUT2D eigenvalue weighted by Crippen LogP contribution is -2.11. The smallest absolute Gasteiger partial charge is 0.257 e. The van der Waals surface area contributed by atoms with Crippen LogP contribution < -0.4 is 5.32 Å². The van der Waals surface area contributed by atoms with Gasteiger partial charge in [-0.05, 0) is 30.2 Å². The number of hydrogen-bond donors (Lipinski definition) is 1. The molecule has 0 bridgehead atoms. The van der Waals surface area contributed by atoms with Crippen molar-refractivity contribution < 1.29 is 4.79 Å². The van der Waals surface area contributed by atoms with Crippen molar-refractivity contribution in [2.75, 3.05) is 5.32 Å². The second kappa shape index (κ2) is 5.89. The van der Waals surface area contributed by atoms with E-state index in [1.165, 1.54) is 11.3 Å². The number of amides is 1. The predicted molar refractivity (Wildman–Crippen MR) is 86.7 cm³/mol. The molecule has 0 aliphatic heterocycles. The van der Waals surface area contributed by atoms with Crippen LogP contribution in [0.5, 0.6) is 0 Å². The predicted octanol–water partition coefficient (Wildman–Crippen LogP) is 4.37. The third-order valence-electron chi connectivity index (χ3n) is 3.09. The minimum Gasteiger partial charge on any atom is -0.298 e. The maximum Gasteiger partial charge on any atom is 0.257 e. The van der Waals surface area contributed by atoms with E-state index >= 15 is 0 Å². The van der Waals surface area contributed by atoms with Crippen LogP contribution in [0.4, 0.5) is 5.13 Å². The Morgan fingerprint density at radius 1 is 1.00 bits per heavy atom. The first-order valence-corrected chi connectivity index (χ1v) is 7.49. The van der Waals surface area contributed by atoms with Crippen LogP contribution in [0.1, 0.15) is 16.1 Å². The Bertz CT molecular complexity index is 748. The van der Waals surface area contributed by atoms with Crippen LogP contribution in [-0.2, 0) is 0 Å². The molecule has 0 spiro atoms. The summed E-state index contributed by atoms with van der Waals surface area (Å²) < 4.78 is 0. The molecule has 4 heteroatoms. The fourth-order valence-electron chi connectivity index (χ4n) is 2.03. The third-order valence-corrected chi connectivity index (χ3v) is 3.97. The summed E-state index contributed by atoms with van der Waals surface area (Å²) >= 11 is 1.43. The van der Waals surface area contributed by atoms with Crippen LogP contribution in [-0.4, -0.2) is 10.9 Å². The molecule has 1 amide bonds. The van der Waals surface area contributed by atoms with Gasteiger partial charge in [0.1, 0.15) is 0 Å². The van der Waals surface area contributed by atoms with Crippen LogP contribution in [0.3, 0.4) is 0 Å². The van der Waals surface area contributed by atoms with Crippen molar-refractivity contribution in [3.8, 4) is 11.1 Å². The Morgan fingerprint density at radius 2 is 1.67 bits per heavy atom. The minimum absolute atomic E-state index is 0.135. The number of nitrogens with one attached hydrogen (secondary N) is 1. The van der Waals surface area contributed by atoms with E-state index in [2.05, 4.69) is 10.3 Å². The Hall–Kier alpha value is -2.46. The number of carbonyl (C=O) groups excluding carboxylic acids is 1. The minimum atomic E-state index is -0.135. The second-order valence-corrected chi connectivity index (χ2v) is 5.55. The number of anilines is 1. The van der Waals surface area contributed by atoms with Gasteiger partial charge in [-0.15, -0.1) is 11.3 Å². The van der Waals surface area contributed by atoms with Crippen molar-refractivity contribution in [3.05, 3.63) is 71.2 Å². The summed E-state index contributed by atoms with van der Waals surface area (Å²) in [6.07, 6.45) is 0. The summed E-state index contributed by atoms with van der Waals surface area (Å²) in [5.41, 5.74) is 3.77. The maximum atomic E-state index is 12.1. The SMILES string of the molecule is Cc1csc(NC(=O)c2ccc(-c3ccccc3)cc2)n1. The molecule has 0 unspecified atom stereocenters. The van der Waals surface area contributed by atoms with Crippen molar-refractivity contribution >= 4 is 22.4 Å². The van der Waals surface area contributed by atoms with Gasteiger partial charge in [0.05, 0.1) is 5.69 Å². The Kier molecular flexibility index (Phi) is 3.79. The molecule has 104 valence electrons. The topological polar surface area (TPSA) is 42.0 Å². The van der Waals surface area contributed by atoms with Crippen molar-refractivity contribution in [3.63, 3.8) is 0 Å². The number of rotatable bonds is 3. The van der Waals surface area contributed by atoms with Gasteiger partial charge in [0.15, 0.2) is 5.13 Å². The monoisotopic (exact) mass is 294 g/mol. The summed E-state index contributed by atoms with van der Waals surface area (Å²) in [6, 6.07) is 17.7. The first-order valence-electron chi connectivity index (χ1n) is 6.61. The maximum absolute atomic E-state index is 12.1. The molecular weight excluding hydrogens is 280 g/mol. The van der Waals surface area contributed by atoms with Crippen LogP contribution >= 0.6 is 11.3 Å². The van der Waals surface area contributed by atoms with Crippen LogP contribution in [0.2, 0.25) is 0 Å². The van der Waals surface area contributed by atoms with Gasteiger partial charge in [0.25, 0.3) is 5.91 Å². The number of benzene rings is 2. The number of carbonyl (C=O) groups is 1. The zero-order valence-electron chi connectivity index (χ0n) is 11.5. The fraction of sp³-hybridized carbons (Fsp3) is 0.0588.